The number of hydrogen-bond acceptors (Lipinski definition) is 2. The second kappa shape index (κ2) is 1.76. The molecule has 0 bridgehead atoms. The molecule has 0 aliphatic heterocycles. The molecule has 0 saturated carbocycles. The first-order chi connectivity index (χ1) is 3.30. The molecular formula is C4H5O2S-. The molecule has 2 atom stereocenters. The van der Waals surface area contributed by atoms with E-state index < -0.39 is 11.1 Å². The van der Waals surface area contributed by atoms with Crippen molar-refractivity contribution in [2.75, 3.05) is 0 Å². The Morgan fingerprint density at radius 2 is 2.43 bits per heavy atom. The van der Waals surface area contributed by atoms with Gasteiger partial charge in [0.15, 0.2) is 0 Å². The maximum absolute atomic E-state index is 9.93. The van der Waals surface area contributed by atoms with E-state index in [-0.39, 0.29) is 5.25 Å². The van der Waals surface area contributed by atoms with Crippen molar-refractivity contribution in [2.45, 2.75) is 11.7 Å². The third kappa shape index (κ3) is 0.894. The Morgan fingerprint density at radius 1 is 1.86 bits per heavy atom. The van der Waals surface area contributed by atoms with Crippen LogP contribution in [0.2, 0.25) is 0 Å². The highest BCUT2D eigenvalue weighted by atomic mass is 32.2. The molecule has 1 aliphatic carbocycles. The van der Waals surface area contributed by atoms with Crippen LogP contribution in [0.4, 0.5) is 0 Å². The lowest BCUT2D eigenvalue weighted by Crippen LogP contribution is -2.15. The molecule has 0 heterocycles. The van der Waals surface area contributed by atoms with Gasteiger partial charge in [-0.1, -0.05) is 12.2 Å². The molecule has 0 aromatic rings. The fourth-order valence-electron chi connectivity index (χ4n) is 0.390. The van der Waals surface area contributed by atoms with Crippen molar-refractivity contribution in [3.05, 3.63) is 12.2 Å². The van der Waals surface area contributed by atoms with E-state index in [2.05, 4.69) is 0 Å². The lowest BCUT2D eigenvalue weighted by atomic mass is 10.1. The fourth-order valence-corrected chi connectivity index (χ4v) is 0.898. The second-order valence-corrected chi connectivity index (χ2v) is 2.59. The van der Waals surface area contributed by atoms with Crippen LogP contribution in [0.5, 0.6) is 0 Å². The molecule has 0 spiro atoms. The summed E-state index contributed by atoms with van der Waals surface area (Å²) in [5.74, 6) is 0. The van der Waals surface area contributed by atoms with E-state index in [9.17, 15) is 8.76 Å². The smallest absolute Gasteiger partial charge is 0.0429 e. The Kier molecular flexibility index (Phi) is 1.25. The van der Waals surface area contributed by atoms with Gasteiger partial charge in [0.25, 0.3) is 0 Å². The molecular weight excluding hydrogens is 112 g/mol. The van der Waals surface area contributed by atoms with Crippen LogP contribution in [0.25, 0.3) is 0 Å². The summed E-state index contributed by atoms with van der Waals surface area (Å²) in [4.78, 5) is 0. The molecule has 2 nitrogen and oxygen atoms in total. The quantitative estimate of drug-likeness (QED) is 0.363. The molecule has 1 rings (SSSR count). The first-order valence-corrected chi connectivity index (χ1v) is 3.19. The maximum atomic E-state index is 9.93. The zero-order chi connectivity index (χ0) is 5.28. The first-order valence-electron chi connectivity index (χ1n) is 2.05. The van der Waals surface area contributed by atoms with Crippen LogP contribution >= 0.6 is 0 Å². The normalized spacial score (nSPS) is 31.9. The summed E-state index contributed by atoms with van der Waals surface area (Å²) in [6.45, 7) is 0. The van der Waals surface area contributed by atoms with E-state index in [4.69, 9.17) is 0 Å². The topological polar surface area (TPSA) is 40.1 Å². The Labute approximate surface area is 44.5 Å². The van der Waals surface area contributed by atoms with Gasteiger partial charge < -0.3 is 4.55 Å². The van der Waals surface area contributed by atoms with Gasteiger partial charge in [0.2, 0.25) is 0 Å². The molecule has 0 saturated heterocycles. The van der Waals surface area contributed by atoms with Crippen LogP contribution in [-0.4, -0.2) is 14.0 Å². The Balaban J connectivity index is 2.44. The third-order valence-corrected chi connectivity index (χ3v) is 1.81. The predicted octanol–water partition coefficient (Wildman–Crippen LogP) is 0.194. The third-order valence-electron chi connectivity index (χ3n) is 0.966. The molecule has 0 radical (unpaired) electrons. The molecule has 40 valence electrons. The average molecular weight is 117 g/mol. The van der Waals surface area contributed by atoms with E-state index in [1.54, 1.807) is 6.08 Å². The van der Waals surface area contributed by atoms with Gasteiger partial charge in [-0.2, -0.15) is 0 Å². The molecule has 0 N–H and O–H groups in total. The highest BCUT2D eigenvalue weighted by molar-refractivity contribution is 7.80. The van der Waals surface area contributed by atoms with Crippen LogP contribution in [0.3, 0.4) is 0 Å². The van der Waals surface area contributed by atoms with E-state index in [0.717, 1.165) is 0 Å². The highest BCUT2D eigenvalue weighted by Crippen LogP contribution is 2.12. The Hall–Kier alpha value is -0.150. The van der Waals surface area contributed by atoms with Crippen LogP contribution in [-0.2, 0) is 11.1 Å². The minimum atomic E-state index is -1.86. The fraction of sp³-hybridized carbons (Fsp3) is 0.500. The van der Waals surface area contributed by atoms with Crippen molar-refractivity contribution >= 4 is 11.1 Å². The first kappa shape index (κ1) is 5.00. The van der Waals surface area contributed by atoms with Crippen molar-refractivity contribution in [3.8, 4) is 0 Å². The van der Waals surface area contributed by atoms with Gasteiger partial charge in [-0.25, -0.2) is 0 Å². The van der Waals surface area contributed by atoms with Gasteiger partial charge in [-0.05, 0) is 17.5 Å². The van der Waals surface area contributed by atoms with Crippen LogP contribution in [0, 0.1) is 0 Å². The van der Waals surface area contributed by atoms with Crippen molar-refractivity contribution < 1.29 is 8.76 Å². The number of rotatable bonds is 1. The Morgan fingerprint density at radius 3 is 2.43 bits per heavy atom. The van der Waals surface area contributed by atoms with Crippen molar-refractivity contribution in [1.82, 2.24) is 0 Å². The summed E-state index contributed by atoms with van der Waals surface area (Å²) in [6, 6.07) is 0. The SMILES string of the molecule is O=S([O-])C1C=CC1. The van der Waals surface area contributed by atoms with Crippen molar-refractivity contribution in [3.63, 3.8) is 0 Å². The zero-order valence-corrected chi connectivity index (χ0v) is 4.48. The molecule has 2 unspecified atom stereocenters. The minimum absolute atomic E-state index is 0.181. The molecule has 1 aliphatic rings. The van der Waals surface area contributed by atoms with E-state index in [1.165, 1.54) is 0 Å². The minimum Gasteiger partial charge on any atom is -0.772 e. The van der Waals surface area contributed by atoms with Gasteiger partial charge in [0, 0.05) is 5.25 Å². The molecule has 3 heteroatoms. The van der Waals surface area contributed by atoms with Crippen LogP contribution in [0.15, 0.2) is 12.2 Å². The van der Waals surface area contributed by atoms with E-state index >= 15 is 0 Å². The van der Waals surface area contributed by atoms with Gasteiger partial charge >= 0.3 is 0 Å². The van der Waals surface area contributed by atoms with Crippen LogP contribution in [0.1, 0.15) is 6.42 Å². The lowest BCUT2D eigenvalue weighted by Gasteiger charge is -2.19. The standard InChI is InChI=1S/C4H6O2S/c5-7(6)4-2-1-3-4/h1-2,4H,3H2,(H,5,6)/p-1. The zero-order valence-electron chi connectivity index (χ0n) is 3.66. The summed E-state index contributed by atoms with van der Waals surface area (Å²) < 4.78 is 19.9. The molecule has 7 heavy (non-hydrogen) atoms. The maximum Gasteiger partial charge on any atom is 0.0429 e. The van der Waals surface area contributed by atoms with Crippen molar-refractivity contribution in [1.29, 1.82) is 0 Å². The van der Waals surface area contributed by atoms with Gasteiger partial charge in [0.1, 0.15) is 0 Å². The van der Waals surface area contributed by atoms with Gasteiger partial charge in [-0.15, -0.1) is 0 Å². The summed E-state index contributed by atoms with van der Waals surface area (Å²) in [7, 11) is 0. The summed E-state index contributed by atoms with van der Waals surface area (Å²) in [5, 5.41) is -0.181. The van der Waals surface area contributed by atoms with Gasteiger partial charge in [0.05, 0.1) is 0 Å². The number of allylic oxidation sites excluding steroid dienone is 1. The largest absolute Gasteiger partial charge is 0.772 e. The van der Waals surface area contributed by atoms with Crippen LogP contribution < -0.4 is 0 Å². The second-order valence-electron chi connectivity index (χ2n) is 1.46. The molecule has 0 aromatic carbocycles. The van der Waals surface area contributed by atoms with E-state index in [1.807, 2.05) is 6.08 Å². The summed E-state index contributed by atoms with van der Waals surface area (Å²) >= 11 is -1.86. The summed E-state index contributed by atoms with van der Waals surface area (Å²) in [5.41, 5.74) is 0. The number of hydrogen-bond donors (Lipinski definition) is 0. The average Bonchev–Trinajstić information content (AvgIpc) is 1.23. The monoisotopic (exact) mass is 117 g/mol. The van der Waals surface area contributed by atoms with E-state index in [0.29, 0.717) is 6.42 Å². The van der Waals surface area contributed by atoms with Crippen molar-refractivity contribution in [2.24, 2.45) is 0 Å². The van der Waals surface area contributed by atoms with Gasteiger partial charge in [-0.3, -0.25) is 4.21 Å². The molecule has 0 amide bonds. The molecule has 0 aromatic heterocycles. The highest BCUT2D eigenvalue weighted by Gasteiger charge is 2.08. The predicted molar refractivity (Wildman–Crippen MR) is 26.5 cm³/mol. The lowest BCUT2D eigenvalue weighted by molar-refractivity contribution is 0.526. The Bertz CT molecular complexity index is 119. The molecule has 0 fully saturated rings. The summed E-state index contributed by atoms with van der Waals surface area (Å²) in [6.07, 6.45) is 4.24.